The molecule has 0 aliphatic heterocycles. The van der Waals surface area contributed by atoms with Crippen LogP contribution in [0.25, 0.3) is 0 Å². The fraction of sp³-hybridized carbons (Fsp3) is 0.125. The Bertz CT molecular complexity index is 693. The van der Waals surface area contributed by atoms with Crippen LogP contribution in [0.15, 0.2) is 48.5 Å². The average molecular weight is 353 g/mol. The van der Waals surface area contributed by atoms with Gasteiger partial charge in [-0.15, -0.1) is 0 Å². The molecular formula is C16H14Cl2N2O3. The summed E-state index contributed by atoms with van der Waals surface area (Å²) >= 11 is 11.7. The number of benzene rings is 2. The minimum Gasteiger partial charge on any atom is -0.482 e. The second-order valence-electron chi connectivity index (χ2n) is 4.55. The molecule has 0 fully saturated rings. The Labute approximate surface area is 143 Å². The zero-order chi connectivity index (χ0) is 16.7. The van der Waals surface area contributed by atoms with Crippen molar-refractivity contribution < 1.29 is 14.3 Å². The lowest BCUT2D eigenvalue weighted by Crippen LogP contribution is -2.35. The molecule has 2 amide bonds. The summed E-state index contributed by atoms with van der Waals surface area (Å²) in [6.07, 6.45) is 0. The highest BCUT2D eigenvalue weighted by Crippen LogP contribution is 2.27. The van der Waals surface area contributed by atoms with E-state index in [1.165, 1.54) is 6.07 Å². The molecule has 2 N–H and O–H groups in total. The molecule has 0 aliphatic rings. The first-order valence-corrected chi connectivity index (χ1v) is 7.49. The maximum absolute atomic E-state index is 11.7. The lowest BCUT2D eigenvalue weighted by Gasteiger charge is -2.09. The number of hydrogen-bond donors (Lipinski definition) is 2. The predicted octanol–water partition coefficient (Wildman–Crippen LogP) is 3.13. The number of carbonyl (C=O) groups is 2. The lowest BCUT2D eigenvalue weighted by atomic mass is 10.3. The van der Waals surface area contributed by atoms with Crippen LogP contribution in [0.2, 0.25) is 10.0 Å². The highest BCUT2D eigenvalue weighted by molar-refractivity contribution is 6.34. The molecular weight excluding hydrogens is 339 g/mol. The third-order valence-electron chi connectivity index (χ3n) is 2.76. The summed E-state index contributed by atoms with van der Waals surface area (Å²) in [5, 5.41) is 5.91. The molecule has 0 atom stereocenters. The van der Waals surface area contributed by atoms with Crippen LogP contribution in [0.1, 0.15) is 0 Å². The monoisotopic (exact) mass is 352 g/mol. The van der Waals surface area contributed by atoms with Crippen molar-refractivity contribution in [1.29, 1.82) is 0 Å². The average Bonchev–Trinajstić information content (AvgIpc) is 2.54. The molecule has 23 heavy (non-hydrogen) atoms. The maximum Gasteiger partial charge on any atom is 0.258 e. The summed E-state index contributed by atoms with van der Waals surface area (Å²) in [6, 6.07) is 13.7. The van der Waals surface area contributed by atoms with Crippen LogP contribution in [0.4, 0.5) is 5.69 Å². The molecule has 7 heteroatoms. The third-order valence-corrected chi connectivity index (χ3v) is 3.30. The number of para-hydroxylation sites is 1. The molecule has 0 bridgehead atoms. The second-order valence-corrected chi connectivity index (χ2v) is 5.40. The number of hydrogen-bond acceptors (Lipinski definition) is 3. The van der Waals surface area contributed by atoms with E-state index in [0.717, 1.165) is 0 Å². The van der Waals surface area contributed by atoms with E-state index in [4.69, 9.17) is 27.9 Å². The van der Waals surface area contributed by atoms with E-state index in [1.807, 2.05) is 6.07 Å². The van der Waals surface area contributed by atoms with E-state index in [9.17, 15) is 9.59 Å². The maximum atomic E-state index is 11.7. The van der Waals surface area contributed by atoms with Crippen LogP contribution >= 0.6 is 23.2 Å². The van der Waals surface area contributed by atoms with Crippen molar-refractivity contribution in [2.75, 3.05) is 18.5 Å². The first-order valence-electron chi connectivity index (χ1n) is 6.74. The fourth-order valence-corrected chi connectivity index (χ4v) is 2.02. The molecule has 120 valence electrons. The van der Waals surface area contributed by atoms with Gasteiger partial charge < -0.3 is 15.4 Å². The molecule has 0 saturated carbocycles. The standard InChI is InChI=1S/C16H14Cl2N2O3/c17-11-6-7-13(18)14(8-11)23-10-16(22)19-9-15(21)20-12-4-2-1-3-5-12/h1-8H,9-10H2,(H,19,22)(H,20,21). The minimum atomic E-state index is -0.441. The SMILES string of the molecule is O=C(COc1cc(Cl)ccc1Cl)NCC(=O)Nc1ccccc1. The molecule has 0 saturated heterocycles. The Morgan fingerprint density at radius 3 is 2.48 bits per heavy atom. The zero-order valence-electron chi connectivity index (χ0n) is 12.0. The molecule has 2 aromatic rings. The quantitative estimate of drug-likeness (QED) is 0.839. The van der Waals surface area contributed by atoms with Crippen molar-refractivity contribution >= 4 is 40.7 Å². The van der Waals surface area contributed by atoms with Gasteiger partial charge in [-0.05, 0) is 24.3 Å². The molecule has 0 spiro atoms. The smallest absolute Gasteiger partial charge is 0.258 e. The Morgan fingerprint density at radius 2 is 1.74 bits per heavy atom. The molecule has 2 rings (SSSR count). The Morgan fingerprint density at radius 1 is 1.00 bits per heavy atom. The minimum absolute atomic E-state index is 0.152. The van der Waals surface area contributed by atoms with Crippen LogP contribution in [0.5, 0.6) is 5.75 Å². The van der Waals surface area contributed by atoms with Gasteiger partial charge in [0.15, 0.2) is 6.61 Å². The van der Waals surface area contributed by atoms with Gasteiger partial charge in [0.1, 0.15) is 5.75 Å². The van der Waals surface area contributed by atoms with Crippen LogP contribution in [0.3, 0.4) is 0 Å². The van der Waals surface area contributed by atoms with Crippen molar-refractivity contribution in [2.24, 2.45) is 0 Å². The van der Waals surface area contributed by atoms with E-state index in [1.54, 1.807) is 36.4 Å². The normalized spacial score (nSPS) is 10.0. The van der Waals surface area contributed by atoms with Crippen LogP contribution in [-0.4, -0.2) is 25.0 Å². The first-order chi connectivity index (χ1) is 11.0. The second kappa shape index (κ2) is 8.41. The van der Waals surface area contributed by atoms with Crippen molar-refractivity contribution in [1.82, 2.24) is 5.32 Å². The largest absolute Gasteiger partial charge is 0.482 e. The highest BCUT2D eigenvalue weighted by Gasteiger charge is 2.08. The summed E-state index contributed by atoms with van der Waals surface area (Å²) in [5.41, 5.74) is 0.661. The summed E-state index contributed by atoms with van der Waals surface area (Å²) in [4.78, 5) is 23.4. The summed E-state index contributed by atoms with van der Waals surface area (Å²) in [7, 11) is 0. The van der Waals surface area contributed by atoms with Crippen molar-refractivity contribution in [3.05, 3.63) is 58.6 Å². The van der Waals surface area contributed by atoms with E-state index in [-0.39, 0.29) is 19.1 Å². The van der Waals surface area contributed by atoms with Gasteiger partial charge in [0.25, 0.3) is 5.91 Å². The number of ether oxygens (including phenoxy) is 1. The molecule has 0 aliphatic carbocycles. The number of halogens is 2. The van der Waals surface area contributed by atoms with Crippen molar-refractivity contribution in [2.45, 2.75) is 0 Å². The van der Waals surface area contributed by atoms with Gasteiger partial charge in [-0.25, -0.2) is 0 Å². The highest BCUT2D eigenvalue weighted by atomic mass is 35.5. The summed E-state index contributed by atoms with van der Waals surface area (Å²) in [5.74, 6) is -0.461. The van der Waals surface area contributed by atoms with Gasteiger partial charge in [0, 0.05) is 16.8 Å². The van der Waals surface area contributed by atoms with Gasteiger partial charge in [-0.2, -0.15) is 0 Å². The number of carbonyl (C=O) groups excluding carboxylic acids is 2. The van der Waals surface area contributed by atoms with Gasteiger partial charge in [-0.3, -0.25) is 9.59 Å². The molecule has 0 heterocycles. The zero-order valence-corrected chi connectivity index (χ0v) is 13.5. The summed E-state index contributed by atoms with van der Waals surface area (Å²) in [6.45, 7) is -0.418. The van der Waals surface area contributed by atoms with Crippen LogP contribution in [-0.2, 0) is 9.59 Å². The van der Waals surface area contributed by atoms with Crippen LogP contribution in [0, 0.1) is 0 Å². The Hall–Kier alpha value is -2.24. The number of nitrogens with one attached hydrogen (secondary N) is 2. The van der Waals surface area contributed by atoms with Crippen LogP contribution < -0.4 is 15.4 Å². The van der Waals surface area contributed by atoms with E-state index in [0.29, 0.717) is 21.5 Å². The first kappa shape index (κ1) is 17.1. The Balaban J connectivity index is 1.74. The fourth-order valence-electron chi connectivity index (χ4n) is 1.69. The predicted molar refractivity (Wildman–Crippen MR) is 90.0 cm³/mol. The van der Waals surface area contributed by atoms with Gasteiger partial charge in [-0.1, -0.05) is 41.4 Å². The van der Waals surface area contributed by atoms with Crippen molar-refractivity contribution in [3.8, 4) is 5.75 Å². The molecule has 2 aromatic carbocycles. The van der Waals surface area contributed by atoms with E-state index in [2.05, 4.69) is 10.6 Å². The molecule has 0 aromatic heterocycles. The molecule has 0 unspecified atom stereocenters. The third kappa shape index (κ3) is 5.81. The summed E-state index contributed by atoms with van der Waals surface area (Å²) < 4.78 is 5.27. The topological polar surface area (TPSA) is 67.4 Å². The number of anilines is 1. The van der Waals surface area contributed by atoms with Gasteiger partial charge in [0.2, 0.25) is 5.91 Å². The molecule has 5 nitrogen and oxygen atoms in total. The van der Waals surface area contributed by atoms with E-state index >= 15 is 0 Å². The number of amides is 2. The van der Waals surface area contributed by atoms with Gasteiger partial charge in [0.05, 0.1) is 11.6 Å². The molecule has 0 radical (unpaired) electrons. The van der Waals surface area contributed by atoms with Gasteiger partial charge >= 0.3 is 0 Å². The van der Waals surface area contributed by atoms with Crippen molar-refractivity contribution in [3.63, 3.8) is 0 Å². The van der Waals surface area contributed by atoms with E-state index < -0.39 is 5.91 Å². The lowest BCUT2D eigenvalue weighted by molar-refractivity contribution is -0.125. The Kier molecular flexibility index (Phi) is 6.26. The number of rotatable bonds is 6.